The molecule has 134 valence electrons. The van der Waals surface area contributed by atoms with E-state index >= 15 is 0 Å². The maximum atomic E-state index is 12.5. The fourth-order valence-corrected chi connectivity index (χ4v) is 5.37. The third-order valence-electron chi connectivity index (χ3n) is 4.46. The lowest BCUT2D eigenvalue weighted by Crippen LogP contribution is -2.53. The van der Waals surface area contributed by atoms with E-state index in [2.05, 4.69) is 5.32 Å². The van der Waals surface area contributed by atoms with E-state index in [0.717, 1.165) is 17.7 Å². The average Bonchev–Trinajstić information content (AvgIpc) is 3.27. The molecule has 0 radical (unpaired) electrons. The summed E-state index contributed by atoms with van der Waals surface area (Å²) >= 11 is 1.62. The molecule has 0 atom stereocenters. The molecule has 2 saturated heterocycles. The lowest BCUT2D eigenvalue weighted by atomic mass is 10.3. The number of amides is 1. The summed E-state index contributed by atoms with van der Waals surface area (Å²) in [7, 11) is -3.31. The average molecular weight is 373 g/mol. The largest absolute Gasteiger partial charge is 0.350 e. The minimum atomic E-state index is -3.31. The molecule has 2 fully saturated rings. The van der Waals surface area contributed by atoms with E-state index in [0.29, 0.717) is 52.4 Å². The van der Waals surface area contributed by atoms with Crippen LogP contribution in [0.1, 0.15) is 17.7 Å². The van der Waals surface area contributed by atoms with Gasteiger partial charge in [-0.3, -0.25) is 9.69 Å². The van der Waals surface area contributed by atoms with Gasteiger partial charge >= 0.3 is 0 Å². The van der Waals surface area contributed by atoms with E-state index in [1.165, 1.54) is 0 Å². The smallest absolute Gasteiger partial charge is 0.282 e. The lowest BCUT2D eigenvalue weighted by molar-refractivity contribution is -0.122. The van der Waals surface area contributed by atoms with Gasteiger partial charge in [-0.15, -0.1) is 11.3 Å². The molecule has 0 unspecified atom stereocenters. The van der Waals surface area contributed by atoms with Crippen molar-refractivity contribution >= 4 is 27.5 Å². The van der Waals surface area contributed by atoms with Crippen LogP contribution in [0.5, 0.6) is 0 Å². The number of thiophene rings is 1. The van der Waals surface area contributed by atoms with Crippen LogP contribution in [0.25, 0.3) is 0 Å². The molecule has 9 heteroatoms. The highest BCUT2D eigenvalue weighted by molar-refractivity contribution is 7.86. The molecule has 1 aromatic rings. The Bertz CT molecular complexity index is 634. The summed E-state index contributed by atoms with van der Waals surface area (Å²) < 4.78 is 28.1. The van der Waals surface area contributed by atoms with Gasteiger partial charge < -0.3 is 5.32 Å². The van der Waals surface area contributed by atoms with Crippen molar-refractivity contribution in [1.29, 1.82) is 0 Å². The molecule has 2 aliphatic heterocycles. The van der Waals surface area contributed by atoms with E-state index in [-0.39, 0.29) is 5.91 Å². The van der Waals surface area contributed by atoms with E-state index in [4.69, 9.17) is 0 Å². The maximum absolute atomic E-state index is 12.5. The Hall–Kier alpha value is -1.000. The summed E-state index contributed by atoms with van der Waals surface area (Å²) in [6, 6.07) is 3.96. The van der Waals surface area contributed by atoms with E-state index in [9.17, 15) is 13.2 Å². The highest BCUT2D eigenvalue weighted by Gasteiger charge is 2.33. The van der Waals surface area contributed by atoms with Crippen molar-refractivity contribution < 1.29 is 13.2 Å². The van der Waals surface area contributed by atoms with Gasteiger partial charge in [-0.05, 0) is 24.3 Å². The summed E-state index contributed by atoms with van der Waals surface area (Å²) in [5.74, 6) is -0.0146. The second-order valence-electron chi connectivity index (χ2n) is 6.15. The second kappa shape index (κ2) is 7.92. The quantitative estimate of drug-likeness (QED) is 0.781. The molecule has 0 bridgehead atoms. The molecular weight excluding hydrogens is 348 g/mol. The number of hydrogen-bond donors (Lipinski definition) is 1. The van der Waals surface area contributed by atoms with Crippen LogP contribution < -0.4 is 5.32 Å². The second-order valence-corrected chi connectivity index (χ2v) is 9.11. The fraction of sp³-hybridized carbons (Fsp3) is 0.667. The summed E-state index contributed by atoms with van der Waals surface area (Å²) in [6.45, 7) is 4.25. The SMILES string of the molecule is O=C(CN1CCN(S(=O)(=O)N2CCCC2)CC1)NCc1cccs1. The minimum absolute atomic E-state index is 0.0146. The van der Waals surface area contributed by atoms with Crippen molar-refractivity contribution in [2.24, 2.45) is 0 Å². The van der Waals surface area contributed by atoms with Gasteiger partial charge in [0.1, 0.15) is 0 Å². The van der Waals surface area contributed by atoms with Gasteiger partial charge in [-0.25, -0.2) is 0 Å². The zero-order chi connectivity index (χ0) is 17.0. The van der Waals surface area contributed by atoms with E-state index < -0.39 is 10.2 Å². The molecule has 7 nitrogen and oxygen atoms in total. The van der Waals surface area contributed by atoms with Crippen LogP contribution in [0.2, 0.25) is 0 Å². The van der Waals surface area contributed by atoms with Crippen molar-refractivity contribution in [2.75, 3.05) is 45.8 Å². The Kier molecular flexibility index (Phi) is 5.88. The first kappa shape index (κ1) is 17.8. The Morgan fingerprint density at radius 3 is 2.38 bits per heavy atom. The normalized spacial score (nSPS) is 21.2. The molecule has 0 aromatic carbocycles. The highest BCUT2D eigenvalue weighted by Crippen LogP contribution is 2.18. The number of rotatable bonds is 6. The van der Waals surface area contributed by atoms with Crippen molar-refractivity contribution in [3.63, 3.8) is 0 Å². The fourth-order valence-electron chi connectivity index (χ4n) is 3.06. The Morgan fingerprint density at radius 1 is 1.08 bits per heavy atom. The monoisotopic (exact) mass is 372 g/mol. The summed E-state index contributed by atoms with van der Waals surface area (Å²) in [6.07, 6.45) is 1.90. The Morgan fingerprint density at radius 2 is 1.75 bits per heavy atom. The zero-order valence-corrected chi connectivity index (χ0v) is 15.3. The molecule has 0 saturated carbocycles. The third-order valence-corrected chi connectivity index (χ3v) is 7.37. The molecule has 2 aliphatic rings. The molecule has 3 rings (SSSR count). The van der Waals surface area contributed by atoms with Crippen LogP contribution >= 0.6 is 11.3 Å². The van der Waals surface area contributed by atoms with Gasteiger partial charge in [0.25, 0.3) is 10.2 Å². The molecular formula is C15H24N4O3S2. The zero-order valence-electron chi connectivity index (χ0n) is 13.7. The van der Waals surface area contributed by atoms with Crippen molar-refractivity contribution in [3.05, 3.63) is 22.4 Å². The van der Waals surface area contributed by atoms with Gasteiger partial charge in [0.05, 0.1) is 13.1 Å². The molecule has 0 spiro atoms. The molecule has 1 N–H and O–H groups in total. The molecule has 24 heavy (non-hydrogen) atoms. The van der Waals surface area contributed by atoms with Crippen LogP contribution in [0, 0.1) is 0 Å². The van der Waals surface area contributed by atoms with Crippen LogP contribution in [0.3, 0.4) is 0 Å². The number of carbonyl (C=O) groups excluding carboxylic acids is 1. The van der Waals surface area contributed by atoms with Crippen molar-refractivity contribution in [1.82, 2.24) is 18.8 Å². The summed E-state index contributed by atoms with van der Waals surface area (Å²) in [5.41, 5.74) is 0. The maximum Gasteiger partial charge on any atom is 0.282 e. The van der Waals surface area contributed by atoms with E-state index in [1.807, 2.05) is 22.4 Å². The topological polar surface area (TPSA) is 73.0 Å². The van der Waals surface area contributed by atoms with Crippen molar-refractivity contribution in [2.45, 2.75) is 19.4 Å². The number of carbonyl (C=O) groups is 1. The van der Waals surface area contributed by atoms with Gasteiger partial charge in [0.2, 0.25) is 5.91 Å². The first-order chi connectivity index (χ1) is 11.6. The van der Waals surface area contributed by atoms with Crippen LogP contribution in [0.4, 0.5) is 0 Å². The van der Waals surface area contributed by atoms with Crippen LogP contribution in [-0.2, 0) is 21.5 Å². The number of nitrogens with one attached hydrogen (secondary N) is 1. The third kappa shape index (κ3) is 4.34. The molecule has 1 aromatic heterocycles. The summed E-state index contributed by atoms with van der Waals surface area (Å²) in [4.78, 5) is 15.1. The summed E-state index contributed by atoms with van der Waals surface area (Å²) in [5, 5.41) is 4.90. The predicted octanol–water partition coefficient (Wildman–Crippen LogP) is 0.323. The number of hydrogen-bond acceptors (Lipinski definition) is 5. The van der Waals surface area contributed by atoms with Gasteiger partial charge in [-0.2, -0.15) is 17.0 Å². The Balaban J connectivity index is 1.42. The standard InChI is InChI=1S/C15H24N4O3S2/c20-15(16-12-14-4-3-11-23-14)13-17-7-9-19(10-8-17)24(21,22)18-5-1-2-6-18/h3-4,11H,1-2,5-10,12-13H2,(H,16,20). The molecule has 1 amide bonds. The van der Waals surface area contributed by atoms with Crippen LogP contribution in [-0.4, -0.2) is 73.6 Å². The Labute approximate surface area is 147 Å². The first-order valence-electron chi connectivity index (χ1n) is 8.32. The minimum Gasteiger partial charge on any atom is -0.350 e. The lowest BCUT2D eigenvalue weighted by Gasteiger charge is -2.35. The van der Waals surface area contributed by atoms with Gasteiger partial charge in [0.15, 0.2) is 0 Å². The number of piperazine rings is 1. The predicted molar refractivity (Wildman–Crippen MR) is 93.9 cm³/mol. The van der Waals surface area contributed by atoms with Gasteiger partial charge in [0, 0.05) is 44.1 Å². The number of nitrogens with zero attached hydrogens (tertiary/aromatic N) is 3. The van der Waals surface area contributed by atoms with Gasteiger partial charge in [-0.1, -0.05) is 6.07 Å². The molecule has 0 aliphatic carbocycles. The first-order valence-corrected chi connectivity index (χ1v) is 10.6. The highest BCUT2D eigenvalue weighted by atomic mass is 32.2. The van der Waals surface area contributed by atoms with Crippen molar-refractivity contribution in [3.8, 4) is 0 Å². The van der Waals surface area contributed by atoms with E-state index in [1.54, 1.807) is 19.9 Å². The van der Waals surface area contributed by atoms with Crippen LogP contribution in [0.15, 0.2) is 17.5 Å². The molecule has 3 heterocycles.